The molecule has 0 saturated carbocycles. The Bertz CT molecular complexity index is 610. The molecule has 1 aromatic heterocycles. The molecule has 1 aliphatic rings. The topological polar surface area (TPSA) is 57.6 Å². The normalized spacial score (nSPS) is 15.5. The van der Waals surface area contributed by atoms with Crippen molar-refractivity contribution in [1.82, 2.24) is 9.88 Å². The van der Waals surface area contributed by atoms with Crippen molar-refractivity contribution in [3.05, 3.63) is 59.3 Å². The maximum absolute atomic E-state index is 9.15. The second-order valence-corrected chi connectivity index (χ2v) is 5.77. The molecule has 3 rings (SSSR count). The molecule has 2 heterocycles. The lowest BCUT2D eigenvalue weighted by molar-refractivity contribution is 0.0342. The number of nitrogens with one attached hydrogen (secondary N) is 1. The lowest BCUT2D eigenvalue weighted by atomic mass is 10.1. The SMILES string of the molecule is OCc1ccnc(NCc2ccc(CN3CCOCC3)cc2)c1. The Morgan fingerprint density at radius 3 is 2.52 bits per heavy atom. The molecule has 5 heteroatoms. The Kier molecular flexibility index (Phi) is 5.58. The summed E-state index contributed by atoms with van der Waals surface area (Å²) in [5.41, 5.74) is 3.41. The van der Waals surface area contributed by atoms with Crippen molar-refractivity contribution in [3.63, 3.8) is 0 Å². The van der Waals surface area contributed by atoms with E-state index in [1.54, 1.807) is 6.20 Å². The average Bonchev–Trinajstić information content (AvgIpc) is 2.62. The van der Waals surface area contributed by atoms with Gasteiger partial charge < -0.3 is 15.2 Å². The molecule has 0 amide bonds. The Labute approximate surface area is 136 Å². The van der Waals surface area contributed by atoms with Crippen molar-refractivity contribution in [2.75, 3.05) is 31.6 Å². The number of anilines is 1. The van der Waals surface area contributed by atoms with Crippen LogP contribution < -0.4 is 5.32 Å². The Morgan fingerprint density at radius 2 is 1.78 bits per heavy atom. The van der Waals surface area contributed by atoms with Gasteiger partial charge in [0.25, 0.3) is 0 Å². The Morgan fingerprint density at radius 1 is 1.04 bits per heavy atom. The summed E-state index contributed by atoms with van der Waals surface area (Å²) in [6.07, 6.45) is 1.71. The summed E-state index contributed by atoms with van der Waals surface area (Å²) in [6.45, 7) is 5.43. The zero-order chi connectivity index (χ0) is 15.9. The molecule has 1 aromatic carbocycles. The Balaban J connectivity index is 1.52. The van der Waals surface area contributed by atoms with Crippen LogP contribution in [0.1, 0.15) is 16.7 Å². The third kappa shape index (κ3) is 4.76. The van der Waals surface area contributed by atoms with E-state index in [1.807, 2.05) is 12.1 Å². The van der Waals surface area contributed by atoms with Gasteiger partial charge >= 0.3 is 0 Å². The van der Waals surface area contributed by atoms with Crippen LogP contribution in [0.5, 0.6) is 0 Å². The molecule has 0 aliphatic carbocycles. The first-order valence-electron chi connectivity index (χ1n) is 8.01. The minimum atomic E-state index is 0.0352. The predicted octanol–water partition coefficient (Wildman–Crippen LogP) is 2.02. The van der Waals surface area contributed by atoms with Gasteiger partial charge in [-0.15, -0.1) is 0 Å². The number of aliphatic hydroxyl groups is 1. The van der Waals surface area contributed by atoms with Crippen LogP contribution in [0.3, 0.4) is 0 Å². The molecule has 0 radical (unpaired) electrons. The van der Waals surface area contributed by atoms with E-state index in [-0.39, 0.29) is 6.61 Å². The van der Waals surface area contributed by atoms with E-state index in [4.69, 9.17) is 9.84 Å². The van der Waals surface area contributed by atoms with Crippen LogP contribution in [-0.4, -0.2) is 41.3 Å². The number of nitrogens with zero attached hydrogens (tertiary/aromatic N) is 2. The number of aliphatic hydroxyl groups excluding tert-OH is 1. The molecule has 1 saturated heterocycles. The van der Waals surface area contributed by atoms with Crippen LogP contribution in [-0.2, 0) is 24.4 Å². The van der Waals surface area contributed by atoms with E-state index >= 15 is 0 Å². The number of pyridine rings is 1. The summed E-state index contributed by atoms with van der Waals surface area (Å²) in [6, 6.07) is 12.4. The highest BCUT2D eigenvalue weighted by molar-refractivity contribution is 5.38. The molecule has 0 bridgehead atoms. The second-order valence-electron chi connectivity index (χ2n) is 5.77. The standard InChI is InChI=1S/C18H23N3O2/c22-14-17-5-6-19-18(11-17)20-12-15-1-3-16(4-2-15)13-21-7-9-23-10-8-21/h1-6,11,22H,7-10,12-14H2,(H,19,20). The first-order chi connectivity index (χ1) is 11.3. The summed E-state index contributed by atoms with van der Waals surface area (Å²) < 4.78 is 5.38. The van der Waals surface area contributed by atoms with E-state index in [2.05, 4.69) is 39.5 Å². The fraction of sp³-hybridized carbons (Fsp3) is 0.389. The van der Waals surface area contributed by atoms with Crippen LogP contribution >= 0.6 is 0 Å². The smallest absolute Gasteiger partial charge is 0.126 e. The number of rotatable bonds is 6. The number of ether oxygens (including phenoxy) is 1. The maximum Gasteiger partial charge on any atom is 0.126 e. The van der Waals surface area contributed by atoms with Crippen molar-refractivity contribution in [3.8, 4) is 0 Å². The third-order valence-corrected chi connectivity index (χ3v) is 4.01. The number of hydrogen-bond donors (Lipinski definition) is 2. The van der Waals surface area contributed by atoms with Crippen molar-refractivity contribution in [2.24, 2.45) is 0 Å². The summed E-state index contributed by atoms with van der Waals surface area (Å²) in [4.78, 5) is 6.67. The van der Waals surface area contributed by atoms with E-state index < -0.39 is 0 Å². The van der Waals surface area contributed by atoms with Crippen LogP contribution in [0.2, 0.25) is 0 Å². The van der Waals surface area contributed by atoms with Crippen LogP contribution in [0.25, 0.3) is 0 Å². The van der Waals surface area contributed by atoms with Gasteiger partial charge in [0.1, 0.15) is 5.82 Å². The van der Waals surface area contributed by atoms with Crippen molar-refractivity contribution in [2.45, 2.75) is 19.7 Å². The summed E-state index contributed by atoms with van der Waals surface area (Å²) in [7, 11) is 0. The monoisotopic (exact) mass is 313 g/mol. The summed E-state index contributed by atoms with van der Waals surface area (Å²) in [5, 5.41) is 12.4. The minimum absolute atomic E-state index is 0.0352. The highest BCUT2D eigenvalue weighted by Gasteiger charge is 2.10. The first kappa shape index (κ1) is 15.9. The molecule has 5 nitrogen and oxygen atoms in total. The van der Waals surface area contributed by atoms with Gasteiger partial charge in [-0.3, -0.25) is 4.90 Å². The quantitative estimate of drug-likeness (QED) is 0.854. The van der Waals surface area contributed by atoms with Gasteiger partial charge in [-0.05, 0) is 28.8 Å². The predicted molar refractivity (Wildman–Crippen MR) is 90.0 cm³/mol. The lowest BCUT2D eigenvalue weighted by Gasteiger charge is -2.26. The molecule has 1 fully saturated rings. The van der Waals surface area contributed by atoms with Crippen LogP contribution in [0, 0.1) is 0 Å². The van der Waals surface area contributed by atoms with E-state index in [9.17, 15) is 0 Å². The number of aromatic nitrogens is 1. The van der Waals surface area contributed by atoms with Crippen LogP contribution in [0.4, 0.5) is 5.82 Å². The molecular weight excluding hydrogens is 290 g/mol. The van der Waals surface area contributed by atoms with E-state index in [0.29, 0.717) is 0 Å². The van der Waals surface area contributed by atoms with Gasteiger partial charge in [-0.2, -0.15) is 0 Å². The number of hydrogen-bond acceptors (Lipinski definition) is 5. The molecule has 122 valence electrons. The van der Waals surface area contributed by atoms with Gasteiger partial charge in [0, 0.05) is 32.4 Å². The zero-order valence-corrected chi connectivity index (χ0v) is 13.2. The Hall–Kier alpha value is -1.95. The molecule has 2 aromatic rings. The molecular formula is C18H23N3O2. The lowest BCUT2D eigenvalue weighted by Crippen LogP contribution is -2.35. The van der Waals surface area contributed by atoms with Gasteiger partial charge in [-0.25, -0.2) is 4.98 Å². The fourth-order valence-electron chi connectivity index (χ4n) is 2.64. The molecule has 2 N–H and O–H groups in total. The molecule has 0 atom stereocenters. The maximum atomic E-state index is 9.15. The van der Waals surface area contributed by atoms with Gasteiger partial charge in [0.15, 0.2) is 0 Å². The number of morpholine rings is 1. The third-order valence-electron chi connectivity index (χ3n) is 4.01. The average molecular weight is 313 g/mol. The van der Waals surface area contributed by atoms with Crippen molar-refractivity contribution in [1.29, 1.82) is 0 Å². The van der Waals surface area contributed by atoms with E-state index in [1.165, 1.54) is 11.1 Å². The van der Waals surface area contributed by atoms with Gasteiger partial charge in [0.2, 0.25) is 0 Å². The molecule has 23 heavy (non-hydrogen) atoms. The first-order valence-corrected chi connectivity index (χ1v) is 8.01. The van der Waals surface area contributed by atoms with E-state index in [0.717, 1.165) is 50.8 Å². The second kappa shape index (κ2) is 8.06. The van der Waals surface area contributed by atoms with Crippen LogP contribution in [0.15, 0.2) is 42.6 Å². The molecule has 1 aliphatic heterocycles. The number of benzene rings is 1. The highest BCUT2D eigenvalue weighted by atomic mass is 16.5. The highest BCUT2D eigenvalue weighted by Crippen LogP contribution is 2.12. The molecule has 0 spiro atoms. The zero-order valence-electron chi connectivity index (χ0n) is 13.2. The van der Waals surface area contributed by atoms with Crippen molar-refractivity contribution < 1.29 is 9.84 Å². The summed E-state index contributed by atoms with van der Waals surface area (Å²) in [5.74, 6) is 0.786. The van der Waals surface area contributed by atoms with Gasteiger partial charge in [0.05, 0.1) is 19.8 Å². The summed E-state index contributed by atoms with van der Waals surface area (Å²) >= 11 is 0. The van der Waals surface area contributed by atoms with Crippen molar-refractivity contribution >= 4 is 5.82 Å². The van der Waals surface area contributed by atoms with Gasteiger partial charge in [-0.1, -0.05) is 24.3 Å². The molecule has 0 unspecified atom stereocenters. The largest absolute Gasteiger partial charge is 0.392 e. The fourth-order valence-corrected chi connectivity index (χ4v) is 2.64. The minimum Gasteiger partial charge on any atom is -0.392 e.